The number of hydrogen-bond donors (Lipinski definition) is 1. The summed E-state index contributed by atoms with van der Waals surface area (Å²) < 4.78 is 11.8. The van der Waals surface area contributed by atoms with Crippen LogP contribution in [0.25, 0.3) is 22.8 Å². The molecular formula is C16H17N5O3. The van der Waals surface area contributed by atoms with E-state index in [1.807, 2.05) is 14.1 Å². The molecular weight excluding hydrogens is 310 g/mol. The van der Waals surface area contributed by atoms with E-state index in [-0.39, 0.29) is 17.1 Å². The summed E-state index contributed by atoms with van der Waals surface area (Å²) in [6, 6.07) is 7.18. The quantitative estimate of drug-likeness (QED) is 0.775. The number of hydrogen-bond acceptors (Lipinski definition) is 7. The zero-order chi connectivity index (χ0) is 17.3. The lowest BCUT2D eigenvalue weighted by Crippen LogP contribution is -2.06. The molecule has 0 saturated heterocycles. The van der Waals surface area contributed by atoms with E-state index in [1.165, 1.54) is 4.68 Å². The van der Waals surface area contributed by atoms with Gasteiger partial charge >= 0.3 is 5.63 Å². The predicted octanol–water partition coefficient (Wildman–Crippen LogP) is 1.50. The van der Waals surface area contributed by atoms with Crippen molar-refractivity contribution < 1.29 is 9.15 Å². The first-order valence-electron chi connectivity index (χ1n) is 7.18. The lowest BCUT2D eigenvalue weighted by atomic mass is 10.3. The van der Waals surface area contributed by atoms with Gasteiger partial charge in [0.1, 0.15) is 11.1 Å². The highest BCUT2D eigenvalue weighted by atomic mass is 16.5. The maximum atomic E-state index is 12.2. The zero-order valence-electron chi connectivity index (χ0n) is 13.6. The Hall–Kier alpha value is -3.29. The van der Waals surface area contributed by atoms with Crippen molar-refractivity contribution in [3.05, 3.63) is 46.8 Å². The van der Waals surface area contributed by atoms with Crippen LogP contribution >= 0.6 is 0 Å². The van der Waals surface area contributed by atoms with Gasteiger partial charge in [-0.05, 0) is 24.3 Å². The molecule has 3 aromatic rings. The van der Waals surface area contributed by atoms with E-state index in [0.717, 1.165) is 0 Å². The Kier molecular flexibility index (Phi) is 3.95. The Morgan fingerprint density at radius 3 is 2.62 bits per heavy atom. The van der Waals surface area contributed by atoms with Gasteiger partial charge in [0, 0.05) is 26.4 Å². The summed E-state index contributed by atoms with van der Waals surface area (Å²) in [5.41, 5.74) is 6.33. The third kappa shape index (κ3) is 2.81. The van der Waals surface area contributed by atoms with E-state index >= 15 is 0 Å². The van der Waals surface area contributed by atoms with Crippen LogP contribution in [0.1, 0.15) is 5.89 Å². The van der Waals surface area contributed by atoms with Crippen molar-refractivity contribution in [1.82, 2.24) is 19.7 Å². The Labute approximate surface area is 137 Å². The Bertz CT molecular complexity index is 954. The van der Waals surface area contributed by atoms with Crippen LogP contribution in [0.2, 0.25) is 0 Å². The molecule has 24 heavy (non-hydrogen) atoms. The second kappa shape index (κ2) is 6.07. The number of nitrogens with two attached hydrogens (primary N) is 1. The first-order valence-corrected chi connectivity index (χ1v) is 7.18. The Balaban J connectivity index is 2.19. The second-order valence-electron chi connectivity index (χ2n) is 5.31. The monoisotopic (exact) mass is 327 g/mol. The first kappa shape index (κ1) is 15.6. The highest BCUT2D eigenvalue weighted by molar-refractivity contribution is 5.86. The molecule has 0 aliphatic carbocycles. The number of fused-ring (bicyclic) bond motifs is 1. The average Bonchev–Trinajstić information content (AvgIpc) is 2.90. The molecule has 0 radical (unpaired) electrons. The lowest BCUT2D eigenvalue weighted by molar-refractivity contribution is 0.414. The van der Waals surface area contributed by atoms with Crippen LogP contribution in [0.5, 0.6) is 5.75 Å². The van der Waals surface area contributed by atoms with Crippen LogP contribution in [0.4, 0.5) is 5.82 Å². The minimum absolute atomic E-state index is 0.0743. The molecule has 0 atom stereocenters. The van der Waals surface area contributed by atoms with Gasteiger partial charge in [-0.15, -0.1) is 5.10 Å². The molecule has 0 amide bonds. The molecule has 0 aliphatic rings. The van der Waals surface area contributed by atoms with Crippen molar-refractivity contribution in [3.63, 3.8) is 0 Å². The molecule has 0 unspecified atom stereocenters. The molecule has 1 aromatic carbocycles. The summed E-state index contributed by atoms with van der Waals surface area (Å²) >= 11 is 0. The largest absolute Gasteiger partial charge is 0.497 e. The van der Waals surface area contributed by atoms with E-state index in [0.29, 0.717) is 17.1 Å². The fraction of sp³-hybridized carbons (Fsp3) is 0.188. The van der Waals surface area contributed by atoms with Gasteiger partial charge in [-0.25, -0.2) is 9.48 Å². The number of nitrogen functional groups attached to an aromatic ring is 1. The summed E-state index contributed by atoms with van der Waals surface area (Å²) in [7, 11) is 5.30. The van der Waals surface area contributed by atoms with Gasteiger partial charge in [-0.3, -0.25) is 0 Å². The third-order valence-electron chi connectivity index (χ3n) is 3.34. The van der Waals surface area contributed by atoms with E-state index in [4.69, 9.17) is 14.9 Å². The summed E-state index contributed by atoms with van der Waals surface area (Å²) in [4.78, 5) is 18.4. The van der Waals surface area contributed by atoms with Gasteiger partial charge < -0.3 is 19.8 Å². The number of ether oxygens (including phenoxy) is 1. The maximum absolute atomic E-state index is 12.2. The number of methoxy groups -OCH3 is 1. The summed E-state index contributed by atoms with van der Waals surface area (Å²) in [5, 5.41) is 4.37. The molecule has 0 bridgehead atoms. The first-order chi connectivity index (χ1) is 11.5. The zero-order valence-corrected chi connectivity index (χ0v) is 13.6. The Morgan fingerprint density at radius 2 is 2.00 bits per heavy atom. The van der Waals surface area contributed by atoms with Crippen molar-refractivity contribution >= 4 is 22.9 Å². The number of nitrogens with zero attached hydrogens (tertiary/aromatic N) is 4. The van der Waals surface area contributed by atoms with Gasteiger partial charge in [0.05, 0.1) is 12.8 Å². The van der Waals surface area contributed by atoms with Crippen LogP contribution in [0, 0.1) is 0 Å². The molecule has 0 fully saturated rings. The maximum Gasteiger partial charge on any atom is 0.352 e. The molecule has 8 nitrogen and oxygen atoms in total. The van der Waals surface area contributed by atoms with Gasteiger partial charge in [0.25, 0.3) is 0 Å². The van der Waals surface area contributed by atoms with Gasteiger partial charge in [-0.1, -0.05) is 0 Å². The van der Waals surface area contributed by atoms with Crippen molar-refractivity contribution in [3.8, 4) is 11.4 Å². The van der Waals surface area contributed by atoms with Crippen molar-refractivity contribution in [1.29, 1.82) is 0 Å². The van der Waals surface area contributed by atoms with Crippen molar-refractivity contribution in [2.45, 2.75) is 0 Å². The highest BCUT2D eigenvalue weighted by Crippen LogP contribution is 2.21. The number of aromatic nitrogens is 3. The second-order valence-corrected chi connectivity index (χ2v) is 5.31. The average molecular weight is 327 g/mol. The molecule has 0 saturated carbocycles. The molecule has 2 aromatic heterocycles. The van der Waals surface area contributed by atoms with Crippen LogP contribution in [0.15, 0.2) is 39.7 Å². The fourth-order valence-electron chi connectivity index (χ4n) is 2.19. The molecule has 0 aliphatic heterocycles. The van der Waals surface area contributed by atoms with E-state index in [2.05, 4.69) is 10.1 Å². The molecule has 0 spiro atoms. The number of anilines is 1. The summed E-state index contributed by atoms with van der Waals surface area (Å²) in [5.74, 6) is 0.964. The normalized spacial score (nSPS) is 11.3. The number of rotatable bonds is 4. The smallest absolute Gasteiger partial charge is 0.352 e. The Morgan fingerprint density at radius 1 is 1.29 bits per heavy atom. The van der Waals surface area contributed by atoms with E-state index in [9.17, 15) is 4.79 Å². The van der Waals surface area contributed by atoms with Gasteiger partial charge in [0.2, 0.25) is 5.89 Å². The molecule has 2 N–H and O–H groups in total. The minimum atomic E-state index is -0.573. The van der Waals surface area contributed by atoms with Gasteiger partial charge in [-0.2, -0.15) is 4.98 Å². The lowest BCUT2D eigenvalue weighted by Gasteiger charge is -2.05. The van der Waals surface area contributed by atoms with Crippen molar-refractivity contribution in [2.75, 3.05) is 26.9 Å². The van der Waals surface area contributed by atoms with E-state index in [1.54, 1.807) is 48.6 Å². The molecule has 2 heterocycles. The van der Waals surface area contributed by atoms with Crippen LogP contribution in [-0.2, 0) is 0 Å². The van der Waals surface area contributed by atoms with Crippen LogP contribution in [0.3, 0.4) is 0 Å². The molecule has 124 valence electrons. The SMILES string of the molecule is COc1ccc(-n2nc(N)c3c(=O)oc(C=CN(C)C)nc32)cc1. The summed E-state index contributed by atoms with van der Waals surface area (Å²) in [6.07, 6.45) is 3.33. The minimum Gasteiger partial charge on any atom is -0.497 e. The number of benzene rings is 1. The topological polar surface area (TPSA) is 99.4 Å². The standard InChI is InChI=1S/C16H17N5O3/c1-20(2)9-8-12-18-15-13(16(22)24-12)14(17)19-21(15)10-4-6-11(23-3)7-5-10/h4-9H,1-3H3,(H2,17,19). The van der Waals surface area contributed by atoms with Crippen molar-refractivity contribution in [2.24, 2.45) is 0 Å². The highest BCUT2D eigenvalue weighted by Gasteiger charge is 2.17. The van der Waals surface area contributed by atoms with Crippen LogP contribution in [-0.4, -0.2) is 40.9 Å². The summed E-state index contributed by atoms with van der Waals surface area (Å²) in [6.45, 7) is 0. The van der Waals surface area contributed by atoms with E-state index < -0.39 is 5.63 Å². The third-order valence-corrected chi connectivity index (χ3v) is 3.34. The molecule has 3 rings (SSSR count). The fourth-order valence-corrected chi connectivity index (χ4v) is 2.19. The molecule has 8 heteroatoms. The predicted molar refractivity (Wildman–Crippen MR) is 91.1 cm³/mol. The van der Waals surface area contributed by atoms with Crippen LogP contribution < -0.4 is 16.1 Å². The van der Waals surface area contributed by atoms with Gasteiger partial charge in [0.15, 0.2) is 11.5 Å².